The number of aromatic nitrogens is 4. The van der Waals surface area contributed by atoms with E-state index in [9.17, 15) is 4.79 Å². The molecule has 0 atom stereocenters. The molecule has 0 spiro atoms. The topological polar surface area (TPSA) is 85.2 Å². The molecule has 0 bridgehead atoms. The molecule has 9 heteroatoms. The molecule has 1 N–H and O–H groups in total. The molecule has 0 aliphatic rings. The molecule has 3 aromatic heterocycles. The van der Waals surface area contributed by atoms with Gasteiger partial charge in [0.1, 0.15) is 21.3 Å². The molecule has 3 heterocycles. The summed E-state index contributed by atoms with van der Waals surface area (Å²) in [5.74, 6) is 1.01. The molecule has 0 aliphatic carbocycles. The Morgan fingerprint density at radius 2 is 2.00 bits per heavy atom. The van der Waals surface area contributed by atoms with Gasteiger partial charge in [0.25, 0.3) is 0 Å². The predicted molar refractivity (Wildman–Crippen MR) is 116 cm³/mol. The van der Waals surface area contributed by atoms with Gasteiger partial charge in [-0.25, -0.2) is 14.8 Å². The highest BCUT2D eigenvalue weighted by molar-refractivity contribution is 7.20. The molecule has 0 aliphatic heterocycles. The Kier molecular flexibility index (Phi) is 6.81. The van der Waals surface area contributed by atoms with Crippen LogP contribution in [0, 0.1) is 13.8 Å². The van der Waals surface area contributed by atoms with Crippen LogP contribution in [0.1, 0.15) is 41.8 Å². The van der Waals surface area contributed by atoms with Crippen molar-refractivity contribution in [3.05, 3.63) is 28.7 Å². The Morgan fingerprint density at radius 3 is 2.69 bits per heavy atom. The fourth-order valence-electron chi connectivity index (χ4n) is 3.20. The van der Waals surface area contributed by atoms with Crippen LogP contribution in [0.3, 0.4) is 0 Å². The molecule has 0 unspecified atom stereocenters. The molecule has 0 saturated carbocycles. The molecular weight excluding hydrogens is 388 g/mol. The van der Waals surface area contributed by atoms with Crippen LogP contribution in [0.25, 0.3) is 10.2 Å². The number of nitrogens with one attached hydrogen (secondary N) is 1. The monoisotopic (exact) mass is 416 g/mol. The van der Waals surface area contributed by atoms with Gasteiger partial charge < -0.3 is 15.0 Å². The van der Waals surface area contributed by atoms with Crippen LogP contribution < -0.4 is 5.32 Å². The third-order valence-electron chi connectivity index (χ3n) is 4.80. The second-order valence-corrected chi connectivity index (χ2v) is 7.72. The van der Waals surface area contributed by atoms with Crippen LogP contribution in [-0.4, -0.2) is 56.9 Å². The SMILES string of the molecule is CCOC(=O)c1sc2nc(C)nc(Nc3cnn(CCN(CC)CC)c3)c2c1C. The molecule has 0 amide bonds. The summed E-state index contributed by atoms with van der Waals surface area (Å²) in [6.45, 7) is 14.1. The zero-order valence-electron chi connectivity index (χ0n) is 17.7. The van der Waals surface area contributed by atoms with E-state index >= 15 is 0 Å². The van der Waals surface area contributed by atoms with Gasteiger partial charge in [-0.1, -0.05) is 13.8 Å². The van der Waals surface area contributed by atoms with Crippen molar-refractivity contribution in [3.63, 3.8) is 0 Å². The first-order valence-electron chi connectivity index (χ1n) is 9.93. The minimum absolute atomic E-state index is 0.319. The number of nitrogens with zero attached hydrogens (tertiary/aromatic N) is 5. The van der Waals surface area contributed by atoms with Gasteiger partial charge >= 0.3 is 5.97 Å². The molecule has 0 aromatic carbocycles. The van der Waals surface area contributed by atoms with E-state index in [0.29, 0.717) is 23.1 Å². The van der Waals surface area contributed by atoms with E-state index in [4.69, 9.17) is 4.74 Å². The lowest BCUT2D eigenvalue weighted by Gasteiger charge is -2.17. The first-order chi connectivity index (χ1) is 14.0. The van der Waals surface area contributed by atoms with Crippen molar-refractivity contribution < 1.29 is 9.53 Å². The Bertz CT molecular complexity index is 992. The predicted octanol–water partition coefficient (Wildman–Crippen LogP) is 3.77. The molecule has 0 saturated heterocycles. The summed E-state index contributed by atoms with van der Waals surface area (Å²) < 4.78 is 7.11. The van der Waals surface area contributed by atoms with E-state index in [2.05, 4.69) is 39.1 Å². The quantitative estimate of drug-likeness (QED) is 0.532. The van der Waals surface area contributed by atoms with Crippen molar-refractivity contribution in [2.24, 2.45) is 0 Å². The lowest BCUT2D eigenvalue weighted by Crippen LogP contribution is -2.27. The van der Waals surface area contributed by atoms with Gasteiger partial charge in [-0.3, -0.25) is 4.68 Å². The maximum atomic E-state index is 12.3. The van der Waals surface area contributed by atoms with Crippen LogP contribution in [0.4, 0.5) is 11.5 Å². The number of esters is 1. The van der Waals surface area contributed by atoms with Crippen LogP contribution in [-0.2, 0) is 11.3 Å². The molecule has 3 rings (SSSR count). The second kappa shape index (κ2) is 9.32. The molecule has 0 radical (unpaired) electrons. The highest BCUT2D eigenvalue weighted by atomic mass is 32.1. The van der Waals surface area contributed by atoms with Gasteiger partial charge in [-0.2, -0.15) is 5.10 Å². The first kappa shape index (κ1) is 21.2. The van der Waals surface area contributed by atoms with Gasteiger partial charge in [0.05, 0.1) is 30.4 Å². The number of likely N-dealkylation sites (N-methyl/N-ethyl adjacent to an activating group) is 1. The Labute approximate surface area is 174 Å². The summed E-state index contributed by atoms with van der Waals surface area (Å²) in [5, 5.41) is 8.65. The number of hydrogen-bond acceptors (Lipinski definition) is 8. The van der Waals surface area contributed by atoms with Gasteiger partial charge in [0, 0.05) is 12.7 Å². The molecule has 3 aromatic rings. The Balaban J connectivity index is 1.86. The third kappa shape index (κ3) is 4.73. The van der Waals surface area contributed by atoms with Crippen molar-refractivity contribution in [2.45, 2.75) is 41.2 Å². The number of carbonyl (C=O) groups excluding carboxylic acids is 1. The number of thiophene rings is 1. The average molecular weight is 417 g/mol. The lowest BCUT2D eigenvalue weighted by atomic mass is 10.2. The second-order valence-electron chi connectivity index (χ2n) is 6.72. The normalized spacial score (nSPS) is 11.4. The van der Waals surface area contributed by atoms with E-state index < -0.39 is 0 Å². The largest absolute Gasteiger partial charge is 0.462 e. The number of fused-ring (bicyclic) bond motifs is 1. The number of carbonyl (C=O) groups is 1. The summed E-state index contributed by atoms with van der Waals surface area (Å²) in [4.78, 5) is 25.1. The minimum atomic E-state index is -0.319. The van der Waals surface area contributed by atoms with Gasteiger partial charge in [-0.15, -0.1) is 11.3 Å². The van der Waals surface area contributed by atoms with E-state index in [1.54, 1.807) is 13.1 Å². The average Bonchev–Trinajstić information content (AvgIpc) is 3.27. The van der Waals surface area contributed by atoms with E-state index in [1.807, 2.05) is 24.7 Å². The zero-order valence-corrected chi connectivity index (χ0v) is 18.5. The summed E-state index contributed by atoms with van der Waals surface area (Å²) in [6.07, 6.45) is 3.76. The molecular formula is C20H28N6O2S. The number of hydrogen-bond donors (Lipinski definition) is 1. The summed E-state index contributed by atoms with van der Waals surface area (Å²) in [7, 11) is 0. The van der Waals surface area contributed by atoms with Crippen molar-refractivity contribution in [1.82, 2.24) is 24.6 Å². The Hall–Kier alpha value is -2.52. The summed E-state index contributed by atoms with van der Waals surface area (Å²) in [5.41, 5.74) is 1.69. The number of aryl methyl sites for hydroxylation is 2. The first-order valence-corrected chi connectivity index (χ1v) is 10.7. The Morgan fingerprint density at radius 1 is 1.24 bits per heavy atom. The van der Waals surface area contributed by atoms with Gasteiger partial charge in [0.15, 0.2) is 0 Å². The van der Waals surface area contributed by atoms with Crippen LogP contribution in [0.2, 0.25) is 0 Å². The fraction of sp³-hybridized carbons (Fsp3) is 0.500. The minimum Gasteiger partial charge on any atom is -0.462 e. The molecule has 8 nitrogen and oxygen atoms in total. The highest BCUT2D eigenvalue weighted by Gasteiger charge is 2.21. The van der Waals surface area contributed by atoms with Crippen molar-refractivity contribution >= 4 is 39.0 Å². The van der Waals surface area contributed by atoms with E-state index in [0.717, 1.165) is 47.6 Å². The van der Waals surface area contributed by atoms with E-state index in [1.165, 1.54) is 11.3 Å². The van der Waals surface area contributed by atoms with Gasteiger partial charge in [-0.05, 0) is 39.4 Å². The summed E-state index contributed by atoms with van der Waals surface area (Å²) >= 11 is 1.34. The number of anilines is 2. The zero-order chi connectivity index (χ0) is 21.0. The van der Waals surface area contributed by atoms with E-state index in [-0.39, 0.29) is 5.97 Å². The van der Waals surface area contributed by atoms with Crippen molar-refractivity contribution in [1.29, 1.82) is 0 Å². The van der Waals surface area contributed by atoms with Crippen molar-refractivity contribution in [3.8, 4) is 0 Å². The van der Waals surface area contributed by atoms with Crippen LogP contribution >= 0.6 is 11.3 Å². The van der Waals surface area contributed by atoms with Crippen LogP contribution in [0.15, 0.2) is 12.4 Å². The van der Waals surface area contributed by atoms with Crippen molar-refractivity contribution in [2.75, 3.05) is 31.6 Å². The molecule has 0 fully saturated rings. The fourth-order valence-corrected chi connectivity index (χ4v) is 4.32. The number of ether oxygens (including phenoxy) is 1. The number of rotatable bonds is 9. The highest BCUT2D eigenvalue weighted by Crippen LogP contribution is 2.35. The maximum Gasteiger partial charge on any atom is 0.348 e. The lowest BCUT2D eigenvalue weighted by molar-refractivity contribution is 0.0531. The third-order valence-corrected chi connectivity index (χ3v) is 5.96. The molecule has 29 heavy (non-hydrogen) atoms. The summed E-state index contributed by atoms with van der Waals surface area (Å²) in [6, 6.07) is 0. The van der Waals surface area contributed by atoms with Gasteiger partial charge in [0.2, 0.25) is 0 Å². The molecule has 156 valence electrons. The van der Waals surface area contributed by atoms with Crippen LogP contribution in [0.5, 0.6) is 0 Å². The smallest absolute Gasteiger partial charge is 0.348 e. The maximum absolute atomic E-state index is 12.3. The standard InChI is InChI=1S/C20H28N6O2S/c1-6-25(7-2)9-10-26-12-15(11-21-26)24-18-16-13(4)17(20(27)28-8-3)29-19(16)23-14(5)22-18/h11-12H,6-10H2,1-5H3,(H,22,23,24).